The molecule has 2 aromatic rings. The molecule has 0 saturated heterocycles. The van der Waals surface area contributed by atoms with E-state index in [9.17, 15) is 4.79 Å². The lowest BCUT2D eigenvalue weighted by molar-refractivity contribution is 0.249. The molecule has 0 saturated carbocycles. The summed E-state index contributed by atoms with van der Waals surface area (Å²) in [6.45, 7) is 10.8. The van der Waals surface area contributed by atoms with Gasteiger partial charge in [0.15, 0.2) is 0 Å². The molecule has 5 heteroatoms. The number of urea groups is 1. The van der Waals surface area contributed by atoms with Gasteiger partial charge in [0, 0.05) is 17.5 Å². The summed E-state index contributed by atoms with van der Waals surface area (Å²) in [5, 5.41) is 10.4. The van der Waals surface area contributed by atoms with Gasteiger partial charge < -0.3 is 5.32 Å². The molecule has 5 nitrogen and oxygen atoms in total. The van der Waals surface area contributed by atoms with Gasteiger partial charge in [-0.1, -0.05) is 51.1 Å². The molecule has 0 bridgehead atoms. The maximum absolute atomic E-state index is 12.0. The second kappa shape index (κ2) is 6.86. The molecule has 124 valence electrons. The minimum Gasteiger partial charge on any atom is -0.336 e. The second-order valence-electron chi connectivity index (χ2n) is 7.06. The van der Waals surface area contributed by atoms with E-state index < -0.39 is 0 Å². The highest BCUT2D eigenvalue weighted by Crippen LogP contribution is 2.24. The molecule has 0 atom stereocenters. The summed E-state index contributed by atoms with van der Waals surface area (Å²) in [7, 11) is 0. The van der Waals surface area contributed by atoms with Crippen LogP contribution in [0, 0.1) is 0 Å². The Morgan fingerprint density at radius 3 is 2.43 bits per heavy atom. The van der Waals surface area contributed by atoms with Crippen molar-refractivity contribution in [1.82, 2.24) is 15.1 Å². The maximum Gasteiger partial charge on any atom is 0.320 e. The van der Waals surface area contributed by atoms with Crippen LogP contribution in [0.15, 0.2) is 36.4 Å². The van der Waals surface area contributed by atoms with Gasteiger partial charge in [0.2, 0.25) is 0 Å². The summed E-state index contributed by atoms with van der Waals surface area (Å²) in [5.41, 5.74) is 2.02. The SMILES string of the molecule is CC(C)NC(=O)Nc1cc(C(C)(C)C)nn1Cc1ccccc1. The topological polar surface area (TPSA) is 59.0 Å². The van der Waals surface area contributed by atoms with Gasteiger partial charge in [-0.25, -0.2) is 9.48 Å². The van der Waals surface area contributed by atoms with E-state index >= 15 is 0 Å². The van der Waals surface area contributed by atoms with Crippen LogP contribution in [0.3, 0.4) is 0 Å². The highest BCUT2D eigenvalue weighted by molar-refractivity contribution is 5.88. The number of nitrogens with zero attached hydrogens (tertiary/aromatic N) is 2. The van der Waals surface area contributed by atoms with Crippen LogP contribution in [-0.2, 0) is 12.0 Å². The lowest BCUT2D eigenvalue weighted by Gasteiger charge is -2.14. The minimum atomic E-state index is -0.213. The summed E-state index contributed by atoms with van der Waals surface area (Å²) in [4.78, 5) is 12.0. The molecule has 1 heterocycles. The average Bonchev–Trinajstić information content (AvgIpc) is 2.82. The first-order chi connectivity index (χ1) is 10.8. The molecule has 0 spiro atoms. The molecular formula is C18H26N4O. The summed E-state index contributed by atoms with van der Waals surface area (Å²) in [5.74, 6) is 0.705. The molecule has 0 aliphatic rings. The van der Waals surface area contributed by atoms with Crippen molar-refractivity contribution in [1.29, 1.82) is 0 Å². The van der Waals surface area contributed by atoms with Crippen LogP contribution in [0.5, 0.6) is 0 Å². The number of carbonyl (C=O) groups is 1. The predicted molar refractivity (Wildman–Crippen MR) is 93.8 cm³/mol. The van der Waals surface area contributed by atoms with Gasteiger partial charge in [-0.05, 0) is 19.4 Å². The van der Waals surface area contributed by atoms with E-state index in [1.807, 2.05) is 42.8 Å². The number of hydrogen-bond donors (Lipinski definition) is 2. The van der Waals surface area contributed by atoms with Crippen molar-refractivity contribution < 1.29 is 4.79 Å². The van der Waals surface area contributed by atoms with Crippen LogP contribution in [0.4, 0.5) is 10.6 Å². The average molecular weight is 314 g/mol. The van der Waals surface area contributed by atoms with E-state index in [1.54, 1.807) is 0 Å². The molecular weight excluding hydrogens is 288 g/mol. The minimum absolute atomic E-state index is 0.0765. The second-order valence-corrected chi connectivity index (χ2v) is 7.06. The van der Waals surface area contributed by atoms with Crippen LogP contribution >= 0.6 is 0 Å². The Balaban J connectivity index is 2.27. The first kappa shape index (κ1) is 17.1. The van der Waals surface area contributed by atoms with Crippen molar-refractivity contribution in [2.75, 3.05) is 5.32 Å². The standard InChI is InChI=1S/C18H26N4O/c1-13(2)19-17(23)20-16-11-15(18(3,4)5)21-22(16)12-14-9-7-6-8-10-14/h6-11,13H,12H2,1-5H3,(H2,19,20,23). The quantitative estimate of drug-likeness (QED) is 0.902. The zero-order chi connectivity index (χ0) is 17.0. The van der Waals surface area contributed by atoms with Gasteiger partial charge in [-0.2, -0.15) is 5.10 Å². The Hall–Kier alpha value is -2.30. The van der Waals surface area contributed by atoms with E-state index in [-0.39, 0.29) is 17.5 Å². The van der Waals surface area contributed by atoms with Gasteiger partial charge >= 0.3 is 6.03 Å². The predicted octanol–water partition coefficient (Wildman–Crippen LogP) is 3.76. The smallest absolute Gasteiger partial charge is 0.320 e. The van der Waals surface area contributed by atoms with Crippen LogP contribution in [0.25, 0.3) is 0 Å². The van der Waals surface area contributed by atoms with E-state index in [4.69, 9.17) is 0 Å². The van der Waals surface area contributed by atoms with Crippen molar-refractivity contribution >= 4 is 11.8 Å². The first-order valence-electron chi connectivity index (χ1n) is 7.95. The van der Waals surface area contributed by atoms with Crippen molar-refractivity contribution in [2.45, 2.75) is 52.6 Å². The van der Waals surface area contributed by atoms with E-state index in [2.05, 4.69) is 48.6 Å². The Labute approximate surface area is 138 Å². The van der Waals surface area contributed by atoms with Gasteiger partial charge in [-0.3, -0.25) is 5.32 Å². The van der Waals surface area contributed by atoms with Crippen LogP contribution < -0.4 is 10.6 Å². The maximum atomic E-state index is 12.0. The van der Waals surface area contributed by atoms with Crippen molar-refractivity contribution in [3.8, 4) is 0 Å². The number of benzene rings is 1. The fraction of sp³-hybridized carbons (Fsp3) is 0.444. The number of rotatable bonds is 4. The summed E-state index contributed by atoms with van der Waals surface area (Å²) in [6.07, 6.45) is 0. The molecule has 0 unspecified atom stereocenters. The lowest BCUT2D eigenvalue weighted by Crippen LogP contribution is -2.34. The molecule has 0 radical (unpaired) electrons. The van der Waals surface area contributed by atoms with Gasteiger partial charge in [0.1, 0.15) is 5.82 Å². The summed E-state index contributed by atoms with van der Waals surface area (Å²) in [6, 6.07) is 11.9. The normalized spacial score (nSPS) is 11.6. The Bertz CT molecular complexity index is 653. The van der Waals surface area contributed by atoms with E-state index in [1.165, 1.54) is 0 Å². The lowest BCUT2D eigenvalue weighted by atomic mass is 9.92. The van der Waals surface area contributed by atoms with Gasteiger partial charge in [0.25, 0.3) is 0 Å². The number of hydrogen-bond acceptors (Lipinski definition) is 2. The van der Waals surface area contributed by atoms with Crippen LogP contribution in [-0.4, -0.2) is 21.9 Å². The fourth-order valence-corrected chi connectivity index (χ4v) is 2.18. The molecule has 0 fully saturated rings. The number of nitrogens with one attached hydrogen (secondary N) is 2. The van der Waals surface area contributed by atoms with Crippen molar-refractivity contribution in [3.63, 3.8) is 0 Å². The highest BCUT2D eigenvalue weighted by Gasteiger charge is 2.21. The van der Waals surface area contributed by atoms with Crippen LogP contribution in [0.1, 0.15) is 45.9 Å². The Kier molecular flexibility index (Phi) is 5.08. The molecule has 23 heavy (non-hydrogen) atoms. The third-order valence-corrected chi connectivity index (χ3v) is 3.38. The number of anilines is 1. The zero-order valence-corrected chi connectivity index (χ0v) is 14.6. The molecule has 0 aliphatic heterocycles. The monoisotopic (exact) mass is 314 g/mol. The Morgan fingerprint density at radius 1 is 1.22 bits per heavy atom. The van der Waals surface area contributed by atoms with E-state index in [0.717, 1.165) is 11.3 Å². The van der Waals surface area contributed by atoms with Crippen molar-refractivity contribution in [3.05, 3.63) is 47.7 Å². The molecule has 1 aromatic carbocycles. The third-order valence-electron chi connectivity index (χ3n) is 3.38. The number of carbonyl (C=O) groups excluding carboxylic acids is 1. The van der Waals surface area contributed by atoms with Gasteiger partial charge in [-0.15, -0.1) is 0 Å². The zero-order valence-electron chi connectivity index (χ0n) is 14.6. The Morgan fingerprint density at radius 2 is 1.87 bits per heavy atom. The van der Waals surface area contributed by atoms with Crippen molar-refractivity contribution in [2.24, 2.45) is 0 Å². The first-order valence-corrected chi connectivity index (χ1v) is 7.95. The molecule has 0 aliphatic carbocycles. The summed E-state index contributed by atoms with van der Waals surface area (Å²) >= 11 is 0. The fourth-order valence-electron chi connectivity index (χ4n) is 2.18. The number of amides is 2. The largest absolute Gasteiger partial charge is 0.336 e. The molecule has 2 N–H and O–H groups in total. The molecule has 2 amide bonds. The highest BCUT2D eigenvalue weighted by atomic mass is 16.2. The molecule has 1 aromatic heterocycles. The number of aromatic nitrogens is 2. The van der Waals surface area contributed by atoms with Crippen LogP contribution in [0.2, 0.25) is 0 Å². The molecule has 2 rings (SSSR count). The third kappa shape index (κ3) is 4.84. The van der Waals surface area contributed by atoms with Gasteiger partial charge in [0.05, 0.1) is 12.2 Å². The van der Waals surface area contributed by atoms with E-state index in [0.29, 0.717) is 12.4 Å². The summed E-state index contributed by atoms with van der Waals surface area (Å²) < 4.78 is 1.84.